The molecule has 1 saturated heterocycles. The van der Waals surface area contributed by atoms with Gasteiger partial charge in [-0.25, -0.2) is 0 Å². The Morgan fingerprint density at radius 1 is 1.16 bits per heavy atom. The van der Waals surface area contributed by atoms with E-state index in [1.165, 1.54) is 18.2 Å². The van der Waals surface area contributed by atoms with Crippen LogP contribution < -0.4 is 11.1 Å². The Morgan fingerprint density at radius 3 is 2.56 bits per heavy atom. The van der Waals surface area contributed by atoms with Gasteiger partial charge in [0.25, 0.3) is 0 Å². The van der Waals surface area contributed by atoms with Crippen molar-refractivity contribution >= 4 is 23.0 Å². The molecular weight excluding hydrogens is 432 g/mol. The highest BCUT2D eigenvalue weighted by Gasteiger charge is 2.32. The third-order valence-corrected chi connectivity index (χ3v) is 7.40. The van der Waals surface area contributed by atoms with Crippen molar-refractivity contribution in [1.29, 1.82) is 0 Å². The zero-order chi connectivity index (χ0) is 22.8. The van der Waals surface area contributed by atoms with Gasteiger partial charge in [0.2, 0.25) is 10.8 Å². The lowest BCUT2D eigenvalue weighted by molar-refractivity contribution is -0.134. The summed E-state index contributed by atoms with van der Waals surface area (Å²) in [7, 11) is 0. The van der Waals surface area contributed by atoms with E-state index in [4.69, 9.17) is 10.8 Å². The third-order valence-electron chi connectivity index (χ3n) is 5.96. The fraction of sp³-hybridized carbons (Fsp3) is 0.409. The SMILES string of the molecule is N[C@H](CO)C(=O)N1CCC(Nc2ccc3c(c2)CN([S+]([O-])c2ccc(O)cc2O)C3)CC1. The number of piperidine rings is 1. The van der Waals surface area contributed by atoms with E-state index < -0.39 is 17.4 Å². The second-order valence-electron chi connectivity index (χ2n) is 8.22. The lowest BCUT2D eigenvalue weighted by atomic mass is 10.0. The van der Waals surface area contributed by atoms with Crippen LogP contribution in [0.15, 0.2) is 41.3 Å². The molecule has 6 N–H and O–H groups in total. The molecule has 2 aromatic rings. The molecule has 0 radical (unpaired) electrons. The maximum absolute atomic E-state index is 12.9. The minimum Gasteiger partial charge on any atom is -0.593 e. The Balaban J connectivity index is 1.35. The molecule has 9 nitrogen and oxygen atoms in total. The number of aliphatic hydroxyl groups excluding tert-OH is 1. The van der Waals surface area contributed by atoms with Crippen LogP contribution in [0.25, 0.3) is 0 Å². The lowest BCUT2D eigenvalue weighted by Gasteiger charge is -2.34. The normalized spacial score (nSPS) is 18.9. The highest BCUT2D eigenvalue weighted by atomic mass is 32.2. The first kappa shape index (κ1) is 22.7. The summed E-state index contributed by atoms with van der Waals surface area (Å²) in [6.07, 6.45) is 1.58. The first-order chi connectivity index (χ1) is 15.4. The van der Waals surface area contributed by atoms with Gasteiger partial charge in [-0.15, -0.1) is 4.31 Å². The van der Waals surface area contributed by atoms with Crippen molar-refractivity contribution in [3.8, 4) is 11.5 Å². The second kappa shape index (κ2) is 9.55. The third kappa shape index (κ3) is 4.79. The summed E-state index contributed by atoms with van der Waals surface area (Å²) >= 11 is -1.54. The number of aliphatic hydroxyl groups is 1. The molecule has 2 heterocycles. The number of anilines is 1. The lowest BCUT2D eigenvalue weighted by Crippen LogP contribution is -2.50. The molecule has 172 valence electrons. The predicted molar refractivity (Wildman–Crippen MR) is 120 cm³/mol. The average Bonchev–Trinajstić information content (AvgIpc) is 3.21. The van der Waals surface area contributed by atoms with E-state index in [2.05, 4.69) is 11.4 Å². The van der Waals surface area contributed by atoms with Gasteiger partial charge in [-0.05, 0) is 42.2 Å². The fourth-order valence-electron chi connectivity index (χ4n) is 4.16. The van der Waals surface area contributed by atoms with Gasteiger partial charge in [0.15, 0.2) is 5.75 Å². The van der Waals surface area contributed by atoms with E-state index in [1.54, 1.807) is 9.21 Å². The van der Waals surface area contributed by atoms with Crippen molar-refractivity contribution in [2.24, 2.45) is 5.73 Å². The molecule has 1 amide bonds. The van der Waals surface area contributed by atoms with Crippen LogP contribution in [0.5, 0.6) is 11.5 Å². The van der Waals surface area contributed by atoms with Gasteiger partial charge in [0.05, 0.1) is 31.1 Å². The molecule has 0 saturated carbocycles. The Hall–Kier alpha value is -2.50. The molecule has 10 heteroatoms. The minimum absolute atomic E-state index is 0.0740. The van der Waals surface area contributed by atoms with Gasteiger partial charge < -0.3 is 35.8 Å². The van der Waals surface area contributed by atoms with Crippen molar-refractivity contribution in [3.05, 3.63) is 47.5 Å². The van der Waals surface area contributed by atoms with Crippen LogP contribution in [0.2, 0.25) is 0 Å². The van der Waals surface area contributed by atoms with Crippen LogP contribution in [0.3, 0.4) is 0 Å². The van der Waals surface area contributed by atoms with Crippen molar-refractivity contribution in [2.45, 2.75) is 42.9 Å². The minimum atomic E-state index is -1.54. The summed E-state index contributed by atoms with van der Waals surface area (Å²) in [6, 6.07) is 9.52. The van der Waals surface area contributed by atoms with Crippen molar-refractivity contribution < 1.29 is 24.7 Å². The van der Waals surface area contributed by atoms with Gasteiger partial charge in [0, 0.05) is 37.0 Å². The zero-order valence-electron chi connectivity index (χ0n) is 17.6. The van der Waals surface area contributed by atoms with Crippen LogP contribution in [0.4, 0.5) is 5.69 Å². The number of phenols is 2. The quantitative estimate of drug-likeness (QED) is 0.399. The molecule has 0 aliphatic carbocycles. The van der Waals surface area contributed by atoms with Crippen molar-refractivity contribution in [3.63, 3.8) is 0 Å². The van der Waals surface area contributed by atoms with Crippen LogP contribution in [-0.2, 0) is 29.2 Å². The molecule has 2 aliphatic heterocycles. The summed E-state index contributed by atoms with van der Waals surface area (Å²) in [5, 5.41) is 32.1. The monoisotopic (exact) mass is 460 g/mol. The van der Waals surface area contributed by atoms with E-state index in [-0.39, 0.29) is 35.0 Å². The number of nitrogens with one attached hydrogen (secondary N) is 1. The molecular formula is C22H28N4O5S. The Bertz CT molecular complexity index is 983. The summed E-state index contributed by atoms with van der Waals surface area (Å²) in [5.74, 6) is -0.474. The highest BCUT2D eigenvalue weighted by Crippen LogP contribution is 2.35. The number of likely N-dealkylation sites (tertiary alicyclic amines) is 1. The smallest absolute Gasteiger partial charge is 0.241 e. The average molecular weight is 461 g/mol. The van der Waals surface area contributed by atoms with Crippen LogP contribution in [-0.4, -0.2) is 66.8 Å². The van der Waals surface area contributed by atoms with E-state index in [1.807, 2.05) is 12.1 Å². The van der Waals surface area contributed by atoms with Crippen LogP contribution in [0, 0.1) is 0 Å². The number of amides is 1. The summed E-state index contributed by atoms with van der Waals surface area (Å²) in [6.45, 7) is 1.84. The van der Waals surface area contributed by atoms with Crippen LogP contribution in [0.1, 0.15) is 24.0 Å². The summed E-state index contributed by atoms with van der Waals surface area (Å²) in [5.41, 5.74) is 8.76. The largest absolute Gasteiger partial charge is 0.593 e. The molecule has 1 fully saturated rings. The first-order valence-corrected chi connectivity index (χ1v) is 11.7. The van der Waals surface area contributed by atoms with E-state index >= 15 is 0 Å². The highest BCUT2D eigenvalue weighted by molar-refractivity contribution is 7.89. The van der Waals surface area contributed by atoms with Gasteiger partial charge >= 0.3 is 0 Å². The Morgan fingerprint density at radius 2 is 1.88 bits per heavy atom. The number of aromatic hydroxyl groups is 2. The number of nitrogens with zero attached hydrogens (tertiary/aromatic N) is 2. The van der Waals surface area contributed by atoms with E-state index in [0.717, 1.165) is 29.7 Å². The van der Waals surface area contributed by atoms with Crippen molar-refractivity contribution in [2.75, 3.05) is 25.0 Å². The number of fused-ring (bicyclic) bond motifs is 1. The maximum Gasteiger partial charge on any atom is 0.241 e. The summed E-state index contributed by atoms with van der Waals surface area (Å²) in [4.78, 5) is 14.1. The molecule has 1 unspecified atom stereocenters. The van der Waals surface area contributed by atoms with Crippen molar-refractivity contribution in [1.82, 2.24) is 9.21 Å². The number of hydrogen-bond acceptors (Lipinski definition) is 8. The molecule has 0 aromatic heterocycles. The first-order valence-electron chi connectivity index (χ1n) is 10.6. The van der Waals surface area contributed by atoms with E-state index in [9.17, 15) is 19.6 Å². The van der Waals surface area contributed by atoms with E-state index in [0.29, 0.717) is 26.2 Å². The predicted octanol–water partition coefficient (Wildman–Crippen LogP) is 0.859. The van der Waals surface area contributed by atoms with Crippen LogP contribution >= 0.6 is 0 Å². The molecule has 0 spiro atoms. The number of benzene rings is 2. The van der Waals surface area contributed by atoms with Gasteiger partial charge in [-0.1, -0.05) is 6.07 Å². The second-order valence-corrected chi connectivity index (χ2v) is 9.67. The summed E-state index contributed by atoms with van der Waals surface area (Å²) < 4.78 is 14.7. The molecule has 2 aliphatic rings. The molecule has 0 bridgehead atoms. The number of phenolic OH excluding ortho intramolecular Hbond substituents is 2. The van der Waals surface area contributed by atoms with Gasteiger partial charge in [-0.2, -0.15) is 0 Å². The number of nitrogens with two attached hydrogens (primary N) is 1. The molecule has 2 aromatic carbocycles. The topological polar surface area (TPSA) is 145 Å². The Labute approximate surface area is 189 Å². The Kier molecular flexibility index (Phi) is 6.77. The standard InChI is InChI=1S/C22H28N4O5S/c23-19(13-27)22(30)25-7-5-16(6-8-25)24-17-2-1-14-11-26(12-15(14)9-17)32(31)21-4-3-18(28)10-20(21)29/h1-4,9-10,16,19,24,27-29H,5-8,11-13,23H2/t19-,32?/m1/s1. The van der Waals surface area contributed by atoms with Gasteiger partial charge in [-0.3, -0.25) is 4.79 Å². The maximum atomic E-state index is 12.9. The number of carbonyl (C=O) groups is 1. The van der Waals surface area contributed by atoms with Gasteiger partial charge in [0.1, 0.15) is 11.8 Å². The number of rotatable bonds is 6. The molecule has 2 atom stereocenters. The zero-order valence-corrected chi connectivity index (χ0v) is 18.4. The number of hydrogen-bond donors (Lipinski definition) is 5. The molecule has 32 heavy (non-hydrogen) atoms. The molecule has 4 rings (SSSR count). The fourth-order valence-corrected chi connectivity index (χ4v) is 5.37. The number of carbonyl (C=O) groups excluding carboxylic acids is 1.